The van der Waals surface area contributed by atoms with Crippen LogP contribution in [0.5, 0.6) is 0 Å². The Morgan fingerprint density at radius 2 is 2.16 bits per heavy atom. The molecule has 0 bridgehead atoms. The maximum absolute atomic E-state index is 5.79. The van der Waals surface area contributed by atoms with Gasteiger partial charge in [-0.25, -0.2) is 4.98 Å². The quantitative estimate of drug-likeness (QED) is 0.898. The van der Waals surface area contributed by atoms with Gasteiger partial charge in [-0.05, 0) is 37.1 Å². The summed E-state index contributed by atoms with van der Waals surface area (Å²) in [5.41, 5.74) is 2.26. The molecule has 1 heterocycles. The summed E-state index contributed by atoms with van der Waals surface area (Å²) in [6.45, 7) is 8.07. The van der Waals surface area contributed by atoms with Crippen LogP contribution in [0.4, 0.5) is 0 Å². The SMILES string of the molecule is Cc1ccc(Br)cc1-c1cnc(CNCC(C)C)o1. The molecular weight excluding hydrogens is 304 g/mol. The molecule has 3 nitrogen and oxygen atoms in total. The summed E-state index contributed by atoms with van der Waals surface area (Å²) in [7, 11) is 0. The fraction of sp³-hybridized carbons (Fsp3) is 0.400. The van der Waals surface area contributed by atoms with Crippen molar-refractivity contribution in [1.82, 2.24) is 10.3 Å². The lowest BCUT2D eigenvalue weighted by Crippen LogP contribution is -2.18. The van der Waals surface area contributed by atoms with Crippen molar-refractivity contribution in [2.24, 2.45) is 5.92 Å². The number of nitrogens with zero attached hydrogens (tertiary/aromatic N) is 1. The molecule has 1 N–H and O–H groups in total. The van der Waals surface area contributed by atoms with Crippen molar-refractivity contribution in [1.29, 1.82) is 0 Å². The lowest BCUT2D eigenvalue weighted by atomic mass is 10.1. The highest BCUT2D eigenvalue weighted by atomic mass is 79.9. The van der Waals surface area contributed by atoms with Crippen LogP contribution in [0.1, 0.15) is 25.3 Å². The van der Waals surface area contributed by atoms with Crippen LogP contribution in [0.25, 0.3) is 11.3 Å². The van der Waals surface area contributed by atoms with E-state index < -0.39 is 0 Å². The molecule has 1 aromatic heterocycles. The van der Waals surface area contributed by atoms with Gasteiger partial charge in [-0.1, -0.05) is 35.8 Å². The maximum atomic E-state index is 5.79. The number of rotatable bonds is 5. The molecule has 0 amide bonds. The molecule has 19 heavy (non-hydrogen) atoms. The second-order valence-electron chi connectivity index (χ2n) is 5.10. The smallest absolute Gasteiger partial charge is 0.208 e. The molecule has 1 aromatic carbocycles. The predicted molar refractivity (Wildman–Crippen MR) is 80.9 cm³/mol. The van der Waals surface area contributed by atoms with E-state index in [-0.39, 0.29) is 0 Å². The van der Waals surface area contributed by atoms with Crippen molar-refractivity contribution >= 4 is 15.9 Å². The van der Waals surface area contributed by atoms with Crippen LogP contribution in [0, 0.1) is 12.8 Å². The molecule has 0 aliphatic rings. The highest BCUT2D eigenvalue weighted by Crippen LogP contribution is 2.27. The van der Waals surface area contributed by atoms with Gasteiger partial charge in [0.15, 0.2) is 5.76 Å². The van der Waals surface area contributed by atoms with Gasteiger partial charge in [0.25, 0.3) is 0 Å². The number of hydrogen-bond acceptors (Lipinski definition) is 3. The summed E-state index contributed by atoms with van der Waals surface area (Å²) in [6.07, 6.45) is 1.79. The molecule has 0 aliphatic heterocycles. The van der Waals surface area contributed by atoms with Gasteiger partial charge < -0.3 is 9.73 Å². The first-order valence-electron chi connectivity index (χ1n) is 6.48. The molecule has 2 aromatic rings. The fourth-order valence-corrected chi connectivity index (χ4v) is 2.21. The summed E-state index contributed by atoms with van der Waals surface area (Å²) < 4.78 is 6.84. The number of hydrogen-bond donors (Lipinski definition) is 1. The third kappa shape index (κ3) is 3.91. The normalized spacial score (nSPS) is 11.2. The minimum atomic E-state index is 0.627. The van der Waals surface area contributed by atoms with E-state index >= 15 is 0 Å². The molecule has 0 saturated carbocycles. The summed E-state index contributed by atoms with van der Waals surface area (Å²) in [6, 6.07) is 6.15. The highest BCUT2D eigenvalue weighted by molar-refractivity contribution is 9.10. The van der Waals surface area contributed by atoms with E-state index in [2.05, 4.69) is 59.1 Å². The van der Waals surface area contributed by atoms with E-state index in [0.29, 0.717) is 12.5 Å². The van der Waals surface area contributed by atoms with E-state index in [1.807, 2.05) is 6.07 Å². The summed E-state index contributed by atoms with van der Waals surface area (Å²) in [5, 5.41) is 3.33. The van der Waals surface area contributed by atoms with Crippen LogP contribution in [-0.2, 0) is 6.54 Å². The number of nitrogens with one attached hydrogen (secondary N) is 1. The number of aromatic nitrogens is 1. The summed E-state index contributed by atoms with van der Waals surface area (Å²) in [4.78, 5) is 4.32. The van der Waals surface area contributed by atoms with E-state index in [9.17, 15) is 0 Å². The first-order chi connectivity index (χ1) is 9.06. The minimum absolute atomic E-state index is 0.627. The monoisotopic (exact) mass is 322 g/mol. The second kappa shape index (κ2) is 6.35. The number of benzene rings is 1. The van der Waals surface area contributed by atoms with Gasteiger partial charge in [-0.3, -0.25) is 0 Å². The molecule has 0 fully saturated rings. The van der Waals surface area contributed by atoms with Crippen molar-refractivity contribution in [2.75, 3.05) is 6.54 Å². The summed E-state index contributed by atoms with van der Waals surface area (Å²) in [5.74, 6) is 2.18. The van der Waals surface area contributed by atoms with Crippen molar-refractivity contribution in [3.05, 3.63) is 40.3 Å². The molecule has 0 atom stereocenters. The van der Waals surface area contributed by atoms with Gasteiger partial charge in [0.05, 0.1) is 12.7 Å². The van der Waals surface area contributed by atoms with Crippen LogP contribution in [0.2, 0.25) is 0 Å². The highest BCUT2D eigenvalue weighted by Gasteiger charge is 2.09. The average molecular weight is 323 g/mol. The first-order valence-corrected chi connectivity index (χ1v) is 7.27. The Balaban J connectivity index is 2.10. The van der Waals surface area contributed by atoms with Gasteiger partial charge >= 0.3 is 0 Å². The molecule has 4 heteroatoms. The Hall–Kier alpha value is -1.13. The predicted octanol–water partition coefficient (Wildman–Crippen LogP) is 4.16. The first kappa shape index (κ1) is 14.3. The molecule has 0 radical (unpaired) electrons. The Kier molecular flexibility index (Phi) is 4.77. The third-order valence-electron chi connectivity index (χ3n) is 2.85. The van der Waals surface area contributed by atoms with E-state index in [1.165, 1.54) is 5.56 Å². The topological polar surface area (TPSA) is 38.1 Å². The Bertz CT molecular complexity index is 549. The van der Waals surface area contributed by atoms with Crippen molar-refractivity contribution in [2.45, 2.75) is 27.3 Å². The van der Waals surface area contributed by atoms with Crippen LogP contribution in [0.3, 0.4) is 0 Å². The standard InChI is InChI=1S/C15H19BrN2O/c1-10(2)7-17-9-15-18-8-14(19-15)13-6-12(16)5-4-11(13)3/h4-6,8,10,17H,7,9H2,1-3H3. The Morgan fingerprint density at radius 3 is 2.89 bits per heavy atom. The lowest BCUT2D eigenvalue weighted by Gasteiger charge is -2.05. The zero-order chi connectivity index (χ0) is 13.8. The molecule has 0 spiro atoms. The van der Waals surface area contributed by atoms with Gasteiger partial charge in [0, 0.05) is 10.0 Å². The van der Waals surface area contributed by atoms with Crippen LogP contribution < -0.4 is 5.32 Å². The molecule has 0 saturated heterocycles. The van der Waals surface area contributed by atoms with Crippen molar-refractivity contribution < 1.29 is 4.42 Å². The van der Waals surface area contributed by atoms with Crippen LogP contribution in [0.15, 0.2) is 33.3 Å². The average Bonchev–Trinajstić information content (AvgIpc) is 2.80. The molecule has 2 rings (SSSR count). The van der Waals surface area contributed by atoms with E-state index in [0.717, 1.165) is 28.2 Å². The van der Waals surface area contributed by atoms with Gasteiger partial charge in [-0.15, -0.1) is 0 Å². The largest absolute Gasteiger partial charge is 0.439 e. The number of oxazole rings is 1. The minimum Gasteiger partial charge on any atom is -0.439 e. The van der Waals surface area contributed by atoms with Gasteiger partial charge in [-0.2, -0.15) is 0 Å². The number of halogens is 1. The second-order valence-corrected chi connectivity index (χ2v) is 6.02. The Morgan fingerprint density at radius 1 is 1.37 bits per heavy atom. The molecular formula is C15H19BrN2O. The van der Waals surface area contributed by atoms with Crippen LogP contribution >= 0.6 is 15.9 Å². The summed E-state index contributed by atoms with van der Waals surface area (Å²) >= 11 is 3.48. The fourth-order valence-electron chi connectivity index (χ4n) is 1.84. The van der Waals surface area contributed by atoms with Gasteiger partial charge in [0.2, 0.25) is 5.89 Å². The van der Waals surface area contributed by atoms with Crippen molar-refractivity contribution in [3.8, 4) is 11.3 Å². The van der Waals surface area contributed by atoms with E-state index in [1.54, 1.807) is 6.20 Å². The van der Waals surface area contributed by atoms with Crippen LogP contribution in [-0.4, -0.2) is 11.5 Å². The Labute approximate surface area is 122 Å². The molecule has 0 unspecified atom stereocenters. The van der Waals surface area contributed by atoms with Crippen molar-refractivity contribution in [3.63, 3.8) is 0 Å². The zero-order valence-corrected chi connectivity index (χ0v) is 13.1. The third-order valence-corrected chi connectivity index (χ3v) is 3.34. The van der Waals surface area contributed by atoms with Gasteiger partial charge in [0.1, 0.15) is 0 Å². The zero-order valence-electron chi connectivity index (χ0n) is 11.5. The molecule has 0 aliphatic carbocycles. The molecule has 102 valence electrons. The number of aryl methyl sites for hydroxylation is 1. The maximum Gasteiger partial charge on any atom is 0.208 e. The van der Waals surface area contributed by atoms with E-state index in [4.69, 9.17) is 4.42 Å². The lowest BCUT2D eigenvalue weighted by molar-refractivity contribution is 0.459.